The molecule has 0 aromatic heterocycles. The third-order valence-corrected chi connectivity index (χ3v) is 4.32. The minimum atomic E-state index is -1.20. The van der Waals surface area contributed by atoms with Crippen LogP contribution in [0.5, 0.6) is 0 Å². The second-order valence-electron chi connectivity index (χ2n) is 6.49. The van der Waals surface area contributed by atoms with Crippen LogP contribution in [-0.4, -0.2) is 5.78 Å². The smallest absolute Gasteiger partial charge is 0.169 e. The topological polar surface area (TPSA) is 64.7 Å². The first kappa shape index (κ1) is 13.6. The van der Waals surface area contributed by atoms with Crippen molar-refractivity contribution < 1.29 is 4.79 Å². The summed E-state index contributed by atoms with van der Waals surface area (Å²) in [6.45, 7) is 5.83. The van der Waals surface area contributed by atoms with E-state index in [4.69, 9.17) is 0 Å². The van der Waals surface area contributed by atoms with Crippen molar-refractivity contribution in [2.45, 2.75) is 40.0 Å². The van der Waals surface area contributed by atoms with Gasteiger partial charge in [0.05, 0.1) is 17.6 Å². The van der Waals surface area contributed by atoms with Gasteiger partial charge in [-0.2, -0.15) is 10.5 Å². The fraction of sp³-hybridized carbons (Fsp3) is 0.562. The summed E-state index contributed by atoms with van der Waals surface area (Å²) in [6, 6.07) is 4.31. The van der Waals surface area contributed by atoms with Crippen molar-refractivity contribution in [2.75, 3.05) is 0 Å². The third kappa shape index (κ3) is 1.90. The van der Waals surface area contributed by atoms with Crippen molar-refractivity contribution in [2.24, 2.45) is 16.2 Å². The molecule has 98 valence electrons. The van der Waals surface area contributed by atoms with Crippen LogP contribution < -0.4 is 0 Å². The summed E-state index contributed by atoms with van der Waals surface area (Å²) in [5.74, 6) is 0.136. The average molecular weight is 254 g/mol. The van der Waals surface area contributed by atoms with Crippen molar-refractivity contribution in [1.29, 1.82) is 10.5 Å². The van der Waals surface area contributed by atoms with Gasteiger partial charge in [-0.15, -0.1) is 0 Å². The van der Waals surface area contributed by atoms with Gasteiger partial charge in [0.25, 0.3) is 0 Å². The summed E-state index contributed by atoms with van der Waals surface area (Å²) in [5.41, 5.74) is -1.48. The van der Waals surface area contributed by atoms with Gasteiger partial charge in [0.2, 0.25) is 0 Å². The van der Waals surface area contributed by atoms with Gasteiger partial charge in [-0.3, -0.25) is 4.79 Å². The molecular weight excluding hydrogens is 236 g/mol. The lowest BCUT2D eigenvalue weighted by Crippen LogP contribution is -2.42. The van der Waals surface area contributed by atoms with E-state index in [1.165, 1.54) is 0 Å². The van der Waals surface area contributed by atoms with Crippen LogP contribution in [0.25, 0.3) is 0 Å². The van der Waals surface area contributed by atoms with Crippen molar-refractivity contribution in [3.63, 3.8) is 0 Å². The highest BCUT2D eigenvalue weighted by Crippen LogP contribution is 2.53. The molecule has 3 nitrogen and oxygen atoms in total. The number of fused-ring (bicyclic) bond motifs is 1. The van der Waals surface area contributed by atoms with E-state index in [1.54, 1.807) is 0 Å². The second-order valence-corrected chi connectivity index (χ2v) is 6.49. The predicted octanol–water partition coefficient (Wildman–Crippen LogP) is 3.30. The Balaban J connectivity index is 2.73. The van der Waals surface area contributed by atoms with E-state index in [1.807, 2.05) is 39.0 Å². The number of allylic oxidation sites excluding steroid dienone is 4. The lowest BCUT2D eigenvalue weighted by molar-refractivity contribution is -0.128. The van der Waals surface area contributed by atoms with Crippen LogP contribution in [0, 0.1) is 38.9 Å². The fourth-order valence-electron chi connectivity index (χ4n) is 3.10. The van der Waals surface area contributed by atoms with E-state index in [0.717, 1.165) is 0 Å². The van der Waals surface area contributed by atoms with Gasteiger partial charge >= 0.3 is 0 Å². The summed E-state index contributed by atoms with van der Waals surface area (Å²) < 4.78 is 0. The maximum Gasteiger partial charge on any atom is 0.169 e. The Bertz CT molecular complexity index is 555. The highest BCUT2D eigenvalue weighted by molar-refractivity contribution is 5.90. The SMILES string of the molecule is CC1(C)C=C2C(C#N)(C#N)CC=CCC2(C)C(=O)C1. The first-order valence-corrected chi connectivity index (χ1v) is 6.54. The number of rotatable bonds is 0. The zero-order chi connectivity index (χ0) is 14.3. The molecule has 0 aromatic carbocycles. The minimum absolute atomic E-state index is 0.136. The summed E-state index contributed by atoms with van der Waals surface area (Å²) >= 11 is 0. The standard InChI is InChI=1S/C16H18N2O/c1-14(2)8-12-15(3,13(19)9-14)6-4-5-7-16(12,10-17)11-18/h4-5,8H,6-7,9H2,1-3H3. The molecule has 1 atom stereocenters. The molecule has 0 aromatic rings. The van der Waals surface area contributed by atoms with E-state index in [2.05, 4.69) is 12.1 Å². The fourth-order valence-corrected chi connectivity index (χ4v) is 3.10. The monoisotopic (exact) mass is 254 g/mol. The Hall–Kier alpha value is -1.87. The van der Waals surface area contributed by atoms with Gasteiger partial charge in [0.15, 0.2) is 5.41 Å². The highest BCUT2D eigenvalue weighted by Gasteiger charge is 2.52. The Kier molecular flexibility index (Phi) is 2.90. The molecule has 0 N–H and O–H groups in total. The van der Waals surface area contributed by atoms with Gasteiger partial charge in [0.1, 0.15) is 5.78 Å². The molecule has 0 fully saturated rings. The molecule has 2 rings (SSSR count). The van der Waals surface area contributed by atoms with Crippen molar-refractivity contribution >= 4 is 5.78 Å². The summed E-state index contributed by atoms with van der Waals surface area (Å²) in [4.78, 5) is 12.5. The number of hydrogen-bond donors (Lipinski definition) is 0. The normalized spacial score (nSPS) is 31.4. The molecule has 1 unspecified atom stereocenters. The highest BCUT2D eigenvalue weighted by atomic mass is 16.1. The van der Waals surface area contributed by atoms with Crippen LogP contribution in [-0.2, 0) is 4.79 Å². The lowest BCUT2D eigenvalue weighted by Gasteiger charge is -2.42. The van der Waals surface area contributed by atoms with E-state index < -0.39 is 10.8 Å². The molecule has 0 saturated carbocycles. The lowest BCUT2D eigenvalue weighted by atomic mass is 9.58. The predicted molar refractivity (Wildman–Crippen MR) is 71.6 cm³/mol. The molecule has 2 aliphatic rings. The molecule has 2 aliphatic carbocycles. The van der Waals surface area contributed by atoms with E-state index in [0.29, 0.717) is 24.8 Å². The van der Waals surface area contributed by atoms with Gasteiger partial charge in [0, 0.05) is 12.8 Å². The Labute approximate surface area is 114 Å². The number of nitrogens with zero attached hydrogens (tertiary/aromatic N) is 2. The number of ketones is 1. The largest absolute Gasteiger partial charge is 0.299 e. The van der Waals surface area contributed by atoms with Gasteiger partial charge in [-0.25, -0.2) is 0 Å². The minimum Gasteiger partial charge on any atom is -0.299 e. The van der Waals surface area contributed by atoms with Crippen LogP contribution in [0.4, 0.5) is 0 Å². The first-order valence-electron chi connectivity index (χ1n) is 6.54. The molecule has 0 radical (unpaired) electrons. The summed E-state index contributed by atoms with van der Waals surface area (Å²) in [6.07, 6.45) is 7.20. The zero-order valence-corrected chi connectivity index (χ0v) is 11.7. The maximum atomic E-state index is 12.5. The van der Waals surface area contributed by atoms with Crippen LogP contribution in [0.1, 0.15) is 40.0 Å². The van der Waals surface area contributed by atoms with Crippen LogP contribution in [0.2, 0.25) is 0 Å². The van der Waals surface area contributed by atoms with Gasteiger partial charge < -0.3 is 0 Å². The quantitative estimate of drug-likeness (QED) is 0.623. The van der Waals surface area contributed by atoms with Crippen molar-refractivity contribution in [1.82, 2.24) is 0 Å². The van der Waals surface area contributed by atoms with Crippen LogP contribution >= 0.6 is 0 Å². The summed E-state index contributed by atoms with van der Waals surface area (Å²) in [5, 5.41) is 19.0. The Morgan fingerprint density at radius 2 is 1.68 bits per heavy atom. The second kappa shape index (κ2) is 4.07. The molecule has 19 heavy (non-hydrogen) atoms. The number of carbonyl (C=O) groups excluding carboxylic acids is 1. The van der Waals surface area contributed by atoms with E-state index in [9.17, 15) is 15.3 Å². The van der Waals surface area contributed by atoms with Crippen molar-refractivity contribution in [3.8, 4) is 12.1 Å². The molecule has 0 bridgehead atoms. The molecule has 0 aliphatic heterocycles. The van der Waals surface area contributed by atoms with Crippen LogP contribution in [0.15, 0.2) is 23.8 Å². The molecule has 0 heterocycles. The molecule has 0 amide bonds. The number of nitriles is 2. The molecule has 0 spiro atoms. The Morgan fingerprint density at radius 3 is 2.26 bits per heavy atom. The van der Waals surface area contributed by atoms with E-state index in [-0.39, 0.29) is 11.2 Å². The first-order chi connectivity index (χ1) is 8.80. The average Bonchev–Trinajstić information content (AvgIpc) is 2.48. The molecule has 3 heteroatoms. The molecular formula is C16H18N2O. The summed E-state index contributed by atoms with van der Waals surface area (Å²) in [7, 11) is 0. The number of hydrogen-bond acceptors (Lipinski definition) is 3. The maximum absolute atomic E-state index is 12.5. The zero-order valence-electron chi connectivity index (χ0n) is 11.7. The number of Topliss-reactive ketones (excluding diaryl/α,β-unsaturated/α-hetero) is 1. The Morgan fingerprint density at radius 1 is 1.11 bits per heavy atom. The van der Waals surface area contributed by atoms with E-state index >= 15 is 0 Å². The number of carbonyl (C=O) groups is 1. The van der Waals surface area contributed by atoms with Crippen molar-refractivity contribution in [3.05, 3.63) is 23.8 Å². The van der Waals surface area contributed by atoms with Gasteiger partial charge in [-0.1, -0.05) is 32.1 Å². The van der Waals surface area contributed by atoms with Crippen LogP contribution in [0.3, 0.4) is 0 Å². The van der Waals surface area contributed by atoms with Gasteiger partial charge in [-0.05, 0) is 24.3 Å². The molecule has 0 saturated heterocycles. The third-order valence-electron chi connectivity index (χ3n) is 4.32.